The van der Waals surface area contributed by atoms with Gasteiger partial charge in [-0.2, -0.15) is 0 Å². The van der Waals surface area contributed by atoms with Gasteiger partial charge in [0.25, 0.3) is 0 Å². The van der Waals surface area contributed by atoms with Gasteiger partial charge in [0.2, 0.25) is 0 Å². The molecule has 0 amide bonds. The van der Waals surface area contributed by atoms with Gasteiger partial charge in [-0.15, -0.1) is 0 Å². The maximum atomic E-state index is 2.46. The van der Waals surface area contributed by atoms with E-state index >= 15 is 0 Å². The molecule has 2 aliphatic carbocycles. The van der Waals surface area contributed by atoms with E-state index in [4.69, 9.17) is 0 Å². The van der Waals surface area contributed by atoms with Crippen molar-refractivity contribution in [3.05, 3.63) is 47.0 Å². The summed E-state index contributed by atoms with van der Waals surface area (Å²) in [6.45, 7) is 4.52. The highest BCUT2D eigenvalue weighted by atomic mass is 14.4. The molecule has 0 bridgehead atoms. The molecule has 3 atom stereocenters. The van der Waals surface area contributed by atoms with E-state index in [0.29, 0.717) is 0 Å². The van der Waals surface area contributed by atoms with Crippen LogP contribution in [0, 0.1) is 18.8 Å². The Labute approximate surface area is 111 Å². The normalized spacial score (nSPS) is 31.7. The third-order valence-corrected chi connectivity index (χ3v) is 5.12. The number of hydrogen-bond donors (Lipinski definition) is 0. The van der Waals surface area contributed by atoms with Crippen LogP contribution in [-0.4, -0.2) is 0 Å². The molecule has 1 aromatic carbocycles. The van der Waals surface area contributed by atoms with E-state index in [-0.39, 0.29) is 0 Å². The third-order valence-electron chi connectivity index (χ3n) is 5.12. The minimum atomic E-state index is 0.823. The topological polar surface area (TPSA) is 0 Å². The second-order valence-electron chi connectivity index (χ2n) is 6.31. The van der Waals surface area contributed by atoms with Gasteiger partial charge in [0, 0.05) is 0 Å². The summed E-state index contributed by atoms with van der Waals surface area (Å²) in [5, 5.41) is 0. The van der Waals surface area contributed by atoms with Gasteiger partial charge in [-0.1, -0.05) is 41.5 Å². The Bertz CT molecular complexity index is 438. The number of hydrogen-bond acceptors (Lipinski definition) is 0. The molecule has 0 heteroatoms. The summed E-state index contributed by atoms with van der Waals surface area (Å²) in [5.41, 5.74) is 4.62. The predicted molar refractivity (Wildman–Crippen MR) is 77.7 cm³/mol. The molecular formula is C18H24. The lowest BCUT2D eigenvalue weighted by Gasteiger charge is -2.20. The average molecular weight is 240 g/mol. The van der Waals surface area contributed by atoms with E-state index in [1.807, 2.05) is 0 Å². The first-order chi connectivity index (χ1) is 8.74. The molecule has 2 aliphatic rings. The Kier molecular flexibility index (Phi) is 3.28. The van der Waals surface area contributed by atoms with Crippen molar-refractivity contribution in [2.45, 2.75) is 51.9 Å². The SMILES string of the molecule is CC1=CCCC1C1CCC(c2ccc(C)cc2)C1. The van der Waals surface area contributed by atoms with Crippen LogP contribution in [-0.2, 0) is 0 Å². The molecule has 18 heavy (non-hydrogen) atoms. The first-order valence-corrected chi connectivity index (χ1v) is 7.47. The highest BCUT2D eigenvalue weighted by Gasteiger charge is 2.33. The first-order valence-electron chi connectivity index (χ1n) is 7.47. The van der Waals surface area contributed by atoms with Crippen LogP contribution in [0.25, 0.3) is 0 Å². The number of benzene rings is 1. The van der Waals surface area contributed by atoms with Gasteiger partial charge in [-0.25, -0.2) is 0 Å². The van der Waals surface area contributed by atoms with Gasteiger partial charge in [0.05, 0.1) is 0 Å². The molecular weight excluding hydrogens is 216 g/mol. The zero-order valence-electron chi connectivity index (χ0n) is 11.7. The molecule has 1 saturated carbocycles. The van der Waals surface area contributed by atoms with Crippen molar-refractivity contribution in [2.75, 3.05) is 0 Å². The molecule has 0 saturated heterocycles. The fourth-order valence-corrected chi connectivity index (χ4v) is 4.00. The van der Waals surface area contributed by atoms with E-state index in [1.54, 1.807) is 11.1 Å². The van der Waals surface area contributed by atoms with Gasteiger partial charge in [-0.3, -0.25) is 0 Å². The van der Waals surface area contributed by atoms with Crippen LogP contribution in [0.15, 0.2) is 35.9 Å². The molecule has 0 aliphatic heterocycles. The van der Waals surface area contributed by atoms with Gasteiger partial charge in [0.1, 0.15) is 0 Å². The fourth-order valence-electron chi connectivity index (χ4n) is 4.00. The summed E-state index contributed by atoms with van der Waals surface area (Å²) in [6, 6.07) is 9.23. The quantitative estimate of drug-likeness (QED) is 0.620. The fraction of sp³-hybridized carbons (Fsp3) is 0.556. The molecule has 0 nitrogen and oxygen atoms in total. The van der Waals surface area contributed by atoms with Crippen molar-refractivity contribution in [3.63, 3.8) is 0 Å². The Balaban J connectivity index is 1.68. The van der Waals surface area contributed by atoms with E-state index in [2.05, 4.69) is 44.2 Å². The van der Waals surface area contributed by atoms with Crippen LogP contribution in [0.4, 0.5) is 0 Å². The summed E-state index contributed by atoms with van der Waals surface area (Å²) in [4.78, 5) is 0. The Morgan fingerprint density at radius 3 is 2.39 bits per heavy atom. The van der Waals surface area contributed by atoms with Crippen LogP contribution < -0.4 is 0 Å². The summed E-state index contributed by atoms with van der Waals surface area (Å²) >= 11 is 0. The van der Waals surface area contributed by atoms with Gasteiger partial charge in [0.15, 0.2) is 0 Å². The van der Waals surface area contributed by atoms with E-state index < -0.39 is 0 Å². The predicted octanol–water partition coefficient (Wildman–Crippen LogP) is 5.24. The zero-order chi connectivity index (χ0) is 12.5. The minimum Gasteiger partial charge on any atom is -0.0853 e. The molecule has 3 rings (SSSR count). The lowest BCUT2D eigenvalue weighted by Crippen LogP contribution is -2.10. The summed E-state index contributed by atoms with van der Waals surface area (Å²) < 4.78 is 0. The van der Waals surface area contributed by atoms with Crippen LogP contribution in [0.2, 0.25) is 0 Å². The molecule has 0 aromatic heterocycles. The maximum absolute atomic E-state index is 2.46. The van der Waals surface area contributed by atoms with Crippen LogP contribution in [0.1, 0.15) is 56.1 Å². The lowest BCUT2D eigenvalue weighted by molar-refractivity contribution is 0.380. The summed E-state index contributed by atoms with van der Waals surface area (Å²) in [6.07, 6.45) is 9.45. The van der Waals surface area contributed by atoms with Crippen LogP contribution in [0.5, 0.6) is 0 Å². The van der Waals surface area contributed by atoms with Crippen molar-refractivity contribution in [2.24, 2.45) is 11.8 Å². The van der Waals surface area contributed by atoms with Crippen LogP contribution in [0.3, 0.4) is 0 Å². The largest absolute Gasteiger partial charge is 0.0853 e. The molecule has 0 heterocycles. The third kappa shape index (κ3) is 2.25. The molecule has 96 valence electrons. The van der Waals surface area contributed by atoms with Crippen molar-refractivity contribution < 1.29 is 0 Å². The second kappa shape index (κ2) is 4.91. The number of aryl methyl sites for hydroxylation is 1. The highest BCUT2D eigenvalue weighted by molar-refractivity contribution is 5.26. The standard InChI is InChI=1S/C18H24/c1-13-6-8-15(9-7-13)16-10-11-17(12-16)18-5-3-4-14(18)2/h4,6-9,16-18H,3,5,10-12H2,1-2H3. The van der Waals surface area contributed by atoms with E-state index in [0.717, 1.165) is 17.8 Å². The Hall–Kier alpha value is -1.04. The molecule has 1 fully saturated rings. The van der Waals surface area contributed by atoms with Gasteiger partial charge < -0.3 is 0 Å². The maximum Gasteiger partial charge on any atom is -0.0159 e. The molecule has 0 spiro atoms. The first kappa shape index (κ1) is 12.0. The van der Waals surface area contributed by atoms with Crippen molar-refractivity contribution in [1.29, 1.82) is 0 Å². The van der Waals surface area contributed by atoms with Gasteiger partial charge >= 0.3 is 0 Å². The van der Waals surface area contributed by atoms with Crippen molar-refractivity contribution >= 4 is 0 Å². The zero-order valence-corrected chi connectivity index (χ0v) is 11.7. The van der Waals surface area contributed by atoms with Crippen molar-refractivity contribution in [1.82, 2.24) is 0 Å². The van der Waals surface area contributed by atoms with Gasteiger partial charge in [-0.05, 0) is 69.3 Å². The lowest BCUT2D eigenvalue weighted by atomic mass is 9.85. The second-order valence-corrected chi connectivity index (χ2v) is 6.31. The summed E-state index contributed by atoms with van der Waals surface area (Å²) in [7, 11) is 0. The minimum absolute atomic E-state index is 0.823. The molecule has 3 unspecified atom stereocenters. The molecule has 0 radical (unpaired) electrons. The Morgan fingerprint density at radius 1 is 0.944 bits per heavy atom. The van der Waals surface area contributed by atoms with E-state index in [1.165, 1.54) is 37.7 Å². The highest BCUT2D eigenvalue weighted by Crippen LogP contribution is 2.46. The monoisotopic (exact) mass is 240 g/mol. The smallest absolute Gasteiger partial charge is 0.0159 e. The number of rotatable bonds is 2. The van der Waals surface area contributed by atoms with E-state index in [9.17, 15) is 0 Å². The Morgan fingerprint density at radius 2 is 1.72 bits per heavy atom. The van der Waals surface area contributed by atoms with Crippen molar-refractivity contribution in [3.8, 4) is 0 Å². The summed E-state index contributed by atoms with van der Waals surface area (Å²) in [5.74, 6) is 2.68. The molecule has 1 aromatic rings. The number of allylic oxidation sites excluding steroid dienone is 2. The average Bonchev–Trinajstić information content (AvgIpc) is 2.98. The van der Waals surface area contributed by atoms with Crippen LogP contribution >= 0.6 is 0 Å². The molecule has 0 N–H and O–H groups in total.